The number of anilines is 1. The third-order valence-corrected chi connectivity index (χ3v) is 3.41. The Balaban J connectivity index is 2.11. The molecule has 1 aromatic rings. The van der Waals surface area contributed by atoms with Gasteiger partial charge in [-0.3, -0.25) is 10.1 Å². The first-order valence-electron chi connectivity index (χ1n) is 6.44. The van der Waals surface area contributed by atoms with Crippen molar-refractivity contribution in [3.8, 4) is 0 Å². The molecule has 0 saturated heterocycles. The van der Waals surface area contributed by atoms with E-state index in [1.54, 1.807) is 0 Å². The second-order valence-electron chi connectivity index (χ2n) is 4.74. The van der Waals surface area contributed by atoms with Gasteiger partial charge in [0.25, 0.3) is 5.91 Å². The van der Waals surface area contributed by atoms with Crippen molar-refractivity contribution in [2.24, 2.45) is 0 Å². The number of carboxylic acid groups (broad SMARTS) is 1. The lowest BCUT2D eigenvalue weighted by molar-refractivity contribution is -0.142. The van der Waals surface area contributed by atoms with E-state index in [9.17, 15) is 9.59 Å². The van der Waals surface area contributed by atoms with E-state index in [2.05, 4.69) is 10.6 Å². The van der Waals surface area contributed by atoms with E-state index in [4.69, 9.17) is 5.11 Å². The van der Waals surface area contributed by atoms with E-state index in [1.165, 1.54) is 31.0 Å². The third-order valence-electron chi connectivity index (χ3n) is 3.41. The monoisotopic (exact) mass is 262 g/mol. The molecule has 2 rings (SSSR count). The van der Waals surface area contributed by atoms with E-state index in [-0.39, 0.29) is 0 Å². The number of carbonyl (C=O) groups excluding carboxylic acids is 1. The Morgan fingerprint density at radius 3 is 2.53 bits per heavy atom. The average Bonchev–Trinajstić information content (AvgIpc) is 2.39. The fraction of sp³-hybridized carbons (Fsp3) is 0.429. The van der Waals surface area contributed by atoms with Crippen molar-refractivity contribution in [1.82, 2.24) is 5.32 Å². The second-order valence-corrected chi connectivity index (χ2v) is 4.74. The summed E-state index contributed by atoms with van der Waals surface area (Å²) in [6.07, 6.45) is 4.48. The molecule has 1 aliphatic carbocycles. The minimum Gasteiger partial charge on any atom is -0.480 e. The summed E-state index contributed by atoms with van der Waals surface area (Å²) in [5, 5.41) is 14.0. The number of fused-ring (bicyclic) bond motifs is 1. The van der Waals surface area contributed by atoms with Crippen molar-refractivity contribution in [2.45, 2.75) is 31.7 Å². The van der Waals surface area contributed by atoms with Gasteiger partial charge in [-0.1, -0.05) is 6.07 Å². The van der Waals surface area contributed by atoms with E-state index in [1.807, 2.05) is 18.2 Å². The summed E-state index contributed by atoms with van der Waals surface area (Å²) in [6, 6.07) is 4.56. The zero-order valence-corrected chi connectivity index (χ0v) is 10.9. The molecule has 0 heterocycles. The molecule has 3 N–H and O–H groups in total. The number of benzene rings is 1. The maximum Gasteiger partial charge on any atom is 0.330 e. The zero-order valence-electron chi connectivity index (χ0n) is 10.9. The molecule has 0 saturated carbocycles. The number of likely N-dealkylation sites (N-methyl/N-ethyl adjacent to an activating group) is 1. The maximum atomic E-state index is 11.8. The molecular formula is C14H18N2O3. The van der Waals surface area contributed by atoms with Crippen LogP contribution in [0.2, 0.25) is 0 Å². The topological polar surface area (TPSA) is 78.4 Å². The lowest BCUT2D eigenvalue weighted by atomic mass is 9.91. The van der Waals surface area contributed by atoms with E-state index >= 15 is 0 Å². The van der Waals surface area contributed by atoms with Gasteiger partial charge in [-0.15, -0.1) is 0 Å². The van der Waals surface area contributed by atoms with Crippen LogP contribution in [0.3, 0.4) is 0 Å². The summed E-state index contributed by atoms with van der Waals surface area (Å²) >= 11 is 0. The van der Waals surface area contributed by atoms with Crippen molar-refractivity contribution in [3.63, 3.8) is 0 Å². The van der Waals surface area contributed by atoms with Crippen molar-refractivity contribution in [1.29, 1.82) is 0 Å². The van der Waals surface area contributed by atoms with Crippen LogP contribution in [-0.4, -0.2) is 30.1 Å². The number of amides is 1. The smallest absolute Gasteiger partial charge is 0.330 e. The average molecular weight is 262 g/mol. The number of hydrogen-bond acceptors (Lipinski definition) is 3. The first kappa shape index (κ1) is 13.5. The van der Waals surface area contributed by atoms with Gasteiger partial charge in [-0.2, -0.15) is 0 Å². The minimum atomic E-state index is -1.23. The SMILES string of the molecule is CNC(C(=O)O)C(=O)Nc1ccc2c(c1)CCCC2. The summed E-state index contributed by atoms with van der Waals surface area (Å²) in [4.78, 5) is 22.7. The molecule has 102 valence electrons. The standard InChI is InChI=1S/C14H18N2O3/c1-15-12(14(18)19)13(17)16-11-7-6-9-4-2-3-5-10(9)8-11/h6-8,12,15H,2-5H2,1H3,(H,16,17)(H,18,19). The van der Waals surface area contributed by atoms with Gasteiger partial charge in [-0.05, 0) is 56.0 Å². The Bertz CT molecular complexity index is 499. The number of aliphatic carboxylic acids is 1. The fourth-order valence-corrected chi connectivity index (χ4v) is 2.39. The van der Waals surface area contributed by atoms with Crippen molar-refractivity contribution in [3.05, 3.63) is 29.3 Å². The quantitative estimate of drug-likeness (QED) is 0.712. The van der Waals surface area contributed by atoms with Gasteiger partial charge in [0.1, 0.15) is 0 Å². The van der Waals surface area contributed by atoms with Crippen molar-refractivity contribution >= 4 is 17.6 Å². The van der Waals surface area contributed by atoms with Crippen LogP contribution in [0.1, 0.15) is 24.0 Å². The summed E-state index contributed by atoms with van der Waals surface area (Å²) in [5.41, 5.74) is 3.24. The highest BCUT2D eigenvalue weighted by Gasteiger charge is 2.24. The molecule has 0 radical (unpaired) electrons. The van der Waals surface area contributed by atoms with Crippen LogP contribution < -0.4 is 10.6 Å². The highest BCUT2D eigenvalue weighted by atomic mass is 16.4. The highest BCUT2D eigenvalue weighted by Crippen LogP contribution is 2.24. The summed E-state index contributed by atoms with van der Waals surface area (Å²) in [6.45, 7) is 0. The molecule has 5 nitrogen and oxygen atoms in total. The molecule has 1 aliphatic rings. The van der Waals surface area contributed by atoms with Crippen molar-refractivity contribution in [2.75, 3.05) is 12.4 Å². The Hall–Kier alpha value is -1.88. The maximum absolute atomic E-state index is 11.8. The number of nitrogens with one attached hydrogen (secondary N) is 2. The van der Waals surface area contributed by atoms with Crippen LogP contribution in [-0.2, 0) is 22.4 Å². The number of carboxylic acids is 1. The molecule has 0 aliphatic heterocycles. The number of aryl methyl sites for hydroxylation is 2. The molecule has 1 unspecified atom stereocenters. The molecule has 1 amide bonds. The Labute approximate surface area is 112 Å². The van der Waals surface area contributed by atoms with Crippen molar-refractivity contribution < 1.29 is 14.7 Å². The van der Waals surface area contributed by atoms with Gasteiger partial charge in [-0.25, -0.2) is 4.79 Å². The van der Waals surface area contributed by atoms with Gasteiger partial charge in [0.05, 0.1) is 0 Å². The van der Waals surface area contributed by atoms with Crippen LogP contribution in [0.5, 0.6) is 0 Å². The van der Waals surface area contributed by atoms with Gasteiger partial charge in [0.15, 0.2) is 6.04 Å². The fourth-order valence-electron chi connectivity index (χ4n) is 2.39. The molecule has 1 aromatic carbocycles. The predicted molar refractivity (Wildman–Crippen MR) is 72.2 cm³/mol. The predicted octanol–water partition coefficient (Wildman–Crippen LogP) is 1.18. The van der Waals surface area contributed by atoms with Crippen LogP contribution >= 0.6 is 0 Å². The normalized spacial score (nSPS) is 15.4. The first-order valence-corrected chi connectivity index (χ1v) is 6.44. The number of carbonyl (C=O) groups is 2. The minimum absolute atomic E-state index is 0.550. The molecule has 0 fully saturated rings. The third kappa shape index (κ3) is 3.12. The van der Waals surface area contributed by atoms with Crippen LogP contribution in [0.25, 0.3) is 0 Å². The van der Waals surface area contributed by atoms with Crippen LogP contribution in [0.15, 0.2) is 18.2 Å². The number of hydrogen-bond donors (Lipinski definition) is 3. The largest absolute Gasteiger partial charge is 0.480 e. The molecule has 0 aromatic heterocycles. The highest BCUT2D eigenvalue weighted by molar-refractivity contribution is 6.07. The Morgan fingerprint density at radius 2 is 1.89 bits per heavy atom. The molecule has 19 heavy (non-hydrogen) atoms. The second kappa shape index (κ2) is 5.84. The van der Waals surface area contributed by atoms with Crippen LogP contribution in [0, 0.1) is 0 Å². The van der Waals surface area contributed by atoms with Gasteiger partial charge >= 0.3 is 5.97 Å². The van der Waals surface area contributed by atoms with E-state index in [0.29, 0.717) is 5.69 Å². The lowest BCUT2D eigenvalue weighted by Gasteiger charge is -2.17. The Kier molecular flexibility index (Phi) is 4.16. The van der Waals surface area contributed by atoms with Gasteiger partial charge < -0.3 is 10.4 Å². The molecular weight excluding hydrogens is 244 g/mol. The lowest BCUT2D eigenvalue weighted by Crippen LogP contribution is -2.44. The van der Waals surface area contributed by atoms with E-state index in [0.717, 1.165) is 12.8 Å². The summed E-state index contributed by atoms with van der Waals surface area (Å²) < 4.78 is 0. The van der Waals surface area contributed by atoms with Gasteiger partial charge in [0, 0.05) is 5.69 Å². The molecule has 0 bridgehead atoms. The first-order chi connectivity index (χ1) is 9.11. The van der Waals surface area contributed by atoms with E-state index < -0.39 is 17.9 Å². The van der Waals surface area contributed by atoms with Crippen LogP contribution in [0.4, 0.5) is 5.69 Å². The molecule has 5 heteroatoms. The zero-order chi connectivity index (χ0) is 13.8. The molecule has 0 spiro atoms. The summed E-state index contributed by atoms with van der Waals surface area (Å²) in [7, 11) is 1.45. The van der Waals surface area contributed by atoms with Gasteiger partial charge in [0.2, 0.25) is 0 Å². The number of rotatable bonds is 4. The Morgan fingerprint density at radius 1 is 1.21 bits per heavy atom. The summed E-state index contributed by atoms with van der Waals surface area (Å²) in [5.74, 6) is -1.73. The molecule has 1 atom stereocenters.